The van der Waals surface area contributed by atoms with Crippen molar-refractivity contribution in [2.45, 2.75) is 54.1 Å². The third-order valence-electron chi connectivity index (χ3n) is 5.33. The van der Waals surface area contributed by atoms with Gasteiger partial charge < -0.3 is 9.47 Å². The molecule has 1 heterocycles. The predicted molar refractivity (Wildman–Crippen MR) is 129 cm³/mol. The van der Waals surface area contributed by atoms with Crippen LogP contribution >= 0.6 is 0 Å². The van der Waals surface area contributed by atoms with Gasteiger partial charge in [0.2, 0.25) is 0 Å². The van der Waals surface area contributed by atoms with Gasteiger partial charge in [-0.05, 0) is 61.2 Å². The quantitative estimate of drug-likeness (QED) is 0.303. The molecule has 1 aliphatic rings. The van der Waals surface area contributed by atoms with Gasteiger partial charge in [-0.15, -0.1) is 0 Å². The minimum Gasteiger partial charge on any atom is -0.344 e. The van der Waals surface area contributed by atoms with Gasteiger partial charge in [0.1, 0.15) is 6.10 Å². The molecule has 2 aromatic rings. The second-order valence-corrected chi connectivity index (χ2v) is 12.7. The van der Waals surface area contributed by atoms with Gasteiger partial charge in [0.25, 0.3) is 0 Å². The summed E-state index contributed by atoms with van der Waals surface area (Å²) in [5, 5.41) is 3.94. The topological polar surface area (TPSA) is 136 Å². The number of nitrogens with zero attached hydrogens (tertiary/aromatic N) is 3. The summed E-state index contributed by atoms with van der Waals surface area (Å²) in [7, 11) is -6.59. The fraction of sp³-hybridized carbons (Fsp3) is 0.391. The minimum absolute atomic E-state index is 0.209. The van der Waals surface area contributed by atoms with Crippen LogP contribution in [0.2, 0.25) is 0 Å². The van der Waals surface area contributed by atoms with Crippen LogP contribution in [0.25, 0.3) is 16.5 Å². The Bertz CT molecular complexity index is 1310. The summed E-state index contributed by atoms with van der Waals surface area (Å²) < 4.78 is 58.8. The predicted octanol–water partition coefficient (Wildman–Crippen LogP) is 3.95. The first-order valence-electron chi connectivity index (χ1n) is 10.5. The molecule has 3 rings (SSSR count). The summed E-state index contributed by atoms with van der Waals surface area (Å²) in [5.41, 5.74) is 10.7. The lowest BCUT2D eigenvalue weighted by molar-refractivity contribution is -0.144. The van der Waals surface area contributed by atoms with Gasteiger partial charge >= 0.3 is 0 Å². The largest absolute Gasteiger partial charge is 0.344 e. The van der Waals surface area contributed by atoms with Gasteiger partial charge in [-0.2, -0.15) is 0 Å². The summed E-state index contributed by atoms with van der Waals surface area (Å²) in [6.07, 6.45) is 5.08. The van der Waals surface area contributed by atoms with Crippen LogP contribution in [0.3, 0.4) is 0 Å². The maximum absolute atomic E-state index is 11.7. The summed E-state index contributed by atoms with van der Waals surface area (Å²) >= 11 is 0. The Morgan fingerprint density at radius 1 is 0.971 bits per heavy atom. The Kier molecular flexibility index (Phi) is 7.54. The molecule has 1 fully saturated rings. The van der Waals surface area contributed by atoms with Crippen molar-refractivity contribution in [3.05, 3.63) is 76.2 Å². The standard InChI is InChI=1S/C23H27N3O6S2/c1-23(2)31-21(14-9-16-5-10-18(11-6-16)33(3,27)28)22(32-23)20(25-26-24)15-17-7-12-19(13-8-17)34(4,29)30/h5-14,20-22H,15H2,1-4H3/b14-9+/t20-,21+,22+/m1/s1. The van der Waals surface area contributed by atoms with Gasteiger partial charge in [0.15, 0.2) is 25.5 Å². The molecule has 0 spiro atoms. The first-order chi connectivity index (χ1) is 15.8. The van der Waals surface area contributed by atoms with E-state index in [4.69, 9.17) is 15.0 Å². The molecule has 1 saturated heterocycles. The smallest absolute Gasteiger partial charge is 0.175 e. The highest BCUT2D eigenvalue weighted by Crippen LogP contribution is 2.33. The van der Waals surface area contributed by atoms with Gasteiger partial charge in [0.05, 0.1) is 21.9 Å². The van der Waals surface area contributed by atoms with E-state index in [-0.39, 0.29) is 9.79 Å². The third kappa shape index (κ3) is 6.68. The Labute approximate surface area is 199 Å². The number of hydrogen-bond acceptors (Lipinski definition) is 7. The maximum Gasteiger partial charge on any atom is 0.175 e. The molecule has 11 heteroatoms. The van der Waals surface area contributed by atoms with E-state index in [0.717, 1.165) is 23.6 Å². The van der Waals surface area contributed by atoms with Gasteiger partial charge in [-0.25, -0.2) is 16.8 Å². The van der Waals surface area contributed by atoms with E-state index in [9.17, 15) is 16.8 Å². The first kappa shape index (κ1) is 25.9. The van der Waals surface area contributed by atoms with Gasteiger partial charge in [-0.1, -0.05) is 41.5 Å². The second kappa shape index (κ2) is 9.89. The Hall–Kier alpha value is -2.69. The average molecular weight is 506 g/mol. The third-order valence-corrected chi connectivity index (χ3v) is 7.58. The Morgan fingerprint density at radius 3 is 2.00 bits per heavy atom. The normalized spacial score (nSPS) is 21.3. The van der Waals surface area contributed by atoms with Crippen molar-refractivity contribution in [1.29, 1.82) is 0 Å². The van der Waals surface area contributed by atoms with Crippen LogP contribution in [0, 0.1) is 0 Å². The lowest BCUT2D eigenvalue weighted by Gasteiger charge is -2.22. The van der Waals surface area contributed by atoms with Crippen molar-refractivity contribution in [3.8, 4) is 0 Å². The number of benzene rings is 2. The Balaban J connectivity index is 1.83. The Morgan fingerprint density at radius 2 is 1.50 bits per heavy atom. The number of rotatable bonds is 8. The van der Waals surface area contributed by atoms with Crippen LogP contribution in [0.4, 0.5) is 0 Å². The van der Waals surface area contributed by atoms with Crippen molar-refractivity contribution >= 4 is 25.8 Å². The van der Waals surface area contributed by atoms with E-state index in [1.165, 1.54) is 24.3 Å². The molecule has 34 heavy (non-hydrogen) atoms. The van der Waals surface area contributed by atoms with Crippen LogP contribution in [-0.4, -0.2) is 53.4 Å². The van der Waals surface area contributed by atoms with E-state index in [0.29, 0.717) is 6.42 Å². The highest BCUT2D eigenvalue weighted by Gasteiger charge is 2.43. The summed E-state index contributed by atoms with van der Waals surface area (Å²) in [5.74, 6) is -0.914. The molecule has 2 aromatic carbocycles. The van der Waals surface area contributed by atoms with Crippen molar-refractivity contribution in [2.75, 3.05) is 12.5 Å². The molecular weight excluding hydrogens is 478 g/mol. The van der Waals surface area contributed by atoms with E-state index in [1.54, 1.807) is 50.3 Å². The molecule has 182 valence electrons. The summed E-state index contributed by atoms with van der Waals surface area (Å²) in [4.78, 5) is 3.42. The monoisotopic (exact) mass is 505 g/mol. The summed E-state index contributed by atoms with van der Waals surface area (Å²) in [6.45, 7) is 3.53. The van der Waals surface area contributed by atoms with Crippen molar-refractivity contribution in [1.82, 2.24) is 0 Å². The lowest BCUT2D eigenvalue weighted by atomic mass is 9.98. The van der Waals surface area contributed by atoms with Crippen molar-refractivity contribution in [3.63, 3.8) is 0 Å². The molecule has 0 aromatic heterocycles. The second-order valence-electron chi connectivity index (χ2n) is 8.66. The SMILES string of the molecule is CC1(C)O[C@@H]([C@@H](Cc2ccc(S(C)(=O)=O)cc2)N=[N+]=[N-])[C@H](/C=C/c2ccc(S(C)(=O)=O)cc2)O1. The van der Waals surface area contributed by atoms with Crippen LogP contribution in [0.5, 0.6) is 0 Å². The van der Waals surface area contributed by atoms with Crippen LogP contribution in [-0.2, 0) is 35.6 Å². The lowest BCUT2D eigenvalue weighted by Crippen LogP contribution is -2.34. The number of ether oxygens (including phenoxy) is 2. The molecule has 0 radical (unpaired) electrons. The molecule has 0 saturated carbocycles. The molecule has 9 nitrogen and oxygen atoms in total. The van der Waals surface area contributed by atoms with Crippen LogP contribution < -0.4 is 0 Å². The average Bonchev–Trinajstić information content (AvgIpc) is 3.06. The molecule has 0 bridgehead atoms. The first-order valence-corrected chi connectivity index (χ1v) is 14.2. The van der Waals surface area contributed by atoms with Crippen molar-refractivity contribution in [2.24, 2.45) is 5.11 Å². The van der Waals surface area contributed by atoms with E-state index < -0.39 is 43.7 Å². The molecule has 0 N–H and O–H groups in total. The van der Waals surface area contributed by atoms with Gasteiger partial charge in [0, 0.05) is 17.4 Å². The zero-order chi connectivity index (χ0) is 25.1. The highest BCUT2D eigenvalue weighted by molar-refractivity contribution is 7.91. The van der Waals surface area contributed by atoms with E-state index in [1.807, 2.05) is 0 Å². The highest BCUT2D eigenvalue weighted by atomic mass is 32.2. The van der Waals surface area contributed by atoms with E-state index >= 15 is 0 Å². The zero-order valence-corrected chi connectivity index (χ0v) is 21.0. The maximum atomic E-state index is 11.7. The fourth-order valence-corrected chi connectivity index (χ4v) is 4.96. The van der Waals surface area contributed by atoms with Crippen LogP contribution in [0.15, 0.2) is 69.5 Å². The molecule has 0 amide bonds. The van der Waals surface area contributed by atoms with E-state index in [2.05, 4.69) is 10.0 Å². The zero-order valence-electron chi connectivity index (χ0n) is 19.3. The summed E-state index contributed by atoms with van der Waals surface area (Å²) in [6, 6.07) is 12.2. The van der Waals surface area contributed by atoms with Crippen LogP contribution in [0.1, 0.15) is 25.0 Å². The molecule has 0 aliphatic carbocycles. The van der Waals surface area contributed by atoms with Gasteiger partial charge in [-0.3, -0.25) is 0 Å². The number of azide groups is 1. The molecule has 1 aliphatic heterocycles. The minimum atomic E-state index is -3.31. The molecule has 3 atom stereocenters. The fourth-order valence-electron chi connectivity index (χ4n) is 3.70. The van der Waals surface area contributed by atoms with Crippen molar-refractivity contribution < 1.29 is 26.3 Å². The molecular formula is C23H27N3O6S2. The number of sulfone groups is 2. The molecule has 0 unspecified atom stereocenters. The number of hydrogen-bond donors (Lipinski definition) is 0.